The molecule has 36 heavy (non-hydrogen) atoms. The summed E-state index contributed by atoms with van der Waals surface area (Å²) in [5.41, 5.74) is 1.49. The van der Waals surface area contributed by atoms with Gasteiger partial charge in [-0.05, 0) is 78.4 Å². The van der Waals surface area contributed by atoms with Crippen LogP contribution in [0.4, 0.5) is 5.95 Å². The van der Waals surface area contributed by atoms with Crippen LogP contribution < -0.4 is 5.32 Å². The first kappa shape index (κ1) is 22.9. The molecule has 2 atom stereocenters. The van der Waals surface area contributed by atoms with Gasteiger partial charge in [0.15, 0.2) is 0 Å². The monoisotopic (exact) mass is 553 g/mol. The van der Waals surface area contributed by atoms with Gasteiger partial charge in [0.2, 0.25) is 16.6 Å². The highest BCUT2D eigenvalue weighted by atomic mass is 79.9. The minimum atomic E-state index is -0.379. The van der Waals surface area contributed by atoms with Gasteiger partial charge in [0.05, 0.1) is 35.2 Å². The van der Waals surface area contributed by atoms with Crippen molar-refractivity contribution in [1.82, 2.24) is 29.2 Å². The molecule has 1 aliphatic heterocycles. The number of hydrogen-bond acceptors (Lipinski definition) is 6. The van der Waals surface area contributed by atoms with Gasteiger partial charge >= 0.3 is 0 Å². The van der Waals surface area contributed by atoms with Crippen molar-refractivity contribution >= 4 is 38.8 Å². The number of imidazole rings is 1. The van der Waals surface area contributed by atoms with Crippen molar-refractivity contribution in [1.29, 1.82) is 0 Å². The number of aromatic nitrogens is 5. The summed E-state index contributed by atoms with van der Waals surface area (Å²) in [4.78, 5) is 25.8. The number of fused-ring (bicyclic) bond motifs is 1. The number of ether oxygens (including phenoxy) is 1. The van der Waals surface area contributed by atoms with Crippen molar-refractivity contribution in [2.24, 2.45) is 17.3 Å². The SMILES string of the molecule is O=C(Nc1nc2ccccc2n1CCN1CCOCC1)C12C[C@@H]3C[C@@H](C1)CC(n1cnc(Br)n1)(C3)C2. The third kappa shape index (κ3) is 3.80. The first-order chi connectivity index (χ1) is 17.5. The van der Waals surface area contributed by atoms with E-state index in [1.54, 1.807) is 0 Å². The van der Waals surface area contributed by atoms with E-state index in [9.17, 15) is 4.79 Å². The Labute approximate surface area is 218 Å². The number of rotatable bonds is 6. The van der Waals surface area contributed by atoms with Crippen LogP contribution in [0.5, 0.6) is 0 Å². The van der Waals surface area contributed by atoms with Crippen molar-refractivity contribution in [2.75, 3.05) is 38.2 Å². The molecule has 10 heteroatoms. The van der Waals surface area contributed by atoms with Gasteiger partial charge in [0.1, 0.15) is 6.33 Å². The molecule has 1 amide bonds. The molecular formula is C26H32BrN7O2. The fraction of sp³-hybridized carbons (Fsp3) is 0.615. The minimum Gasteiger partial charge on any atom is -0.379 e. The van der Waals surface area contributed by atoms with Crippen LogP contribution in [0.1, 0.15) is 38.5 Å². The third-order valence-electron chi connectivity index (χ3n) is 9.09. The second-order valence-electron chi connectivity index (χ2n) is 11.4. The molecular weight excluding hydrogens is 522 g/mol. The Morgan fingerprint density at radius 3 is 2.64 bits per heavy atom. The van der Waals surface area contributed by atoms with E-state index in [2.05, 4.69) is 46.9 Å². The van der Waals surface area contributed by atoms with E-state index < -0.39 is 0 Å². The smallest absolute Gasteiger partial charge is 0.233 e. The van der Waals surface area contributed by atoms with E-state index in [0.717, 1.165) is 82.5 Å². The number of nitrogens with zero attached hydrogens (tertiary/aromatic N) is 6. The maximum Gasteiger partial charge on any atom is 0.233 e. The van der Waals surface area contributed by atoms with Crippen LogP contribution in [0.15, 0.2) is 35.3 Å². The maximum atomic E-state index is 14.1. The molecule has 2 aromatic heterocycles. The van der Waals surface area contributed by atoms with Gasteiger partial charge in [-0.1, -0.05) is 12.1 Å². The summed E-state index contributed by atoms with van der Waals surface area (Å²) in [6, 6.07) is 8.17. The third-order valence-corrected chi connectivity index (χ3v) is 9.45. The molecule has 3 heterocycles. The van der Waals surface area contributed by atoms with E-state index in [1.807, 2.05) is 29.2 Å². The highest BCUT2D eigenvalue weighted by Crippen LogP contribution is 2.64. The summed E-state index contributed by atoms with van der Waals surface area (Å²) < 4.78 is 10.4. The molecule has 3 aromatic rings. The fourth-order valence-corrected chi connectivity index (χ4v) is 8.18. The van der Waals surface area contributed by atoms with Gasteiger partial charge in [-0.3, -0.25) is 15.0 Å². The number of amides is 1. The number of benzene rings is 1. The summed E-state index contributed by atoms with van der Waals surface area (Å²) >= 11 is 3.42. The van der Waals surface area contributed by atoms with Crippen LogP contribution in [0.25, 0.3) is 11.0 Å². The van der Waals surface area contributed by atoms with Crippen molar-refractivity contribution in [3.8, 4) is 0 Å². The molecule has 0 radical (unpaired) electrons. The number of anilines is 1. The second kappa shape index (κ2) is 8.63. The van der Waals surface area contributed by atoms with Gasteiger partial charge in [-0.2, -0.15) is 0 Å². The van der Waals surface area contributed by atoms with E-state index in [4.69, 9.17) is 9.72 Å². The largest absolute Gasteiger partial charge is 0.379 e. The zero-order valence-electron chi connectivity index (χ0n) is 20.4. The average Bonchev–Trinajstić information content (AvgIpc) is 3.46. The molecule has 0 unspecified atom stereocenters. The molecule has 8 rings (SSSR count). The number of para-hydroxylation sites is 2. The van der Waals surface area contributed by atoms with E-state index in [-0.39, 0.29) is 16.9 Å². The van der Waals surface area contributed by atoms with Crippen molar-refractivity contribution < 1.29 is 9.53 Å². The van der Waals surface area contributed by atoms with Crippen LogP contribution >= 0.6 is 15.9 Å². The van der Waals surface area contributed by atoms with Gasteiger partial charge in [0, 0.05) is 26.2 Å². The summed E-state index contributed by atoms with van der Waals surface area (Å²) in [7, 11) is 0. The predicted molar refractivity (Wildman–Crippen MR) is 138 cm³/mol. The van der Waals surface area contributed by atoms with Crippen molar-refractivity contribution in [3.63, 3.8) is 0 Å². The molecule has 4 bridgehead atoms. The standard InChI is InChI=1S/C26H32BrN7O2/c27-23-28-17-34(31-23)26-14-18-11-19(15-26)13-25(12-18,16-26)22(35)30-24-29-20-3-1-2-4-21(20)33(24)6-5-32-7-9-36-10-8-32/h1-4,17-19H,5-16H2,(H,29,30,35)/t18-,19-,25?,26?/m0/s1. The quantitative estimate of drug-likeness (QED) is 0.501. The molecule has 190 valence electrons. The second-order valence-corrected chi connectivity index (χ2v) is 12.1. The Hall–Kier alpha value is -2.30. The van der Waals surface area contributed by atoms with E-state index >= 15 is 0 Å². The summed E-state index contributed by atoms with van der Waals surface area (Å²) in [5, 5.41) is 7.98. The van der Waals surface area contributed by atoms with E-state index in [1.165, 1.54) is 6.42 Å². The topological polar surface area (TPSA) is 90.1 Å². The Kier molecular flexibility index (Phi) is 5.48. The van der Waals surface area contributed by atoms with Crippen molar-refractivity contribution in [2.45, 2.75) is 50.6 Å². The molecule has 1 N–H and O–H groups in total. The Morgan fingerprint density at radius 2 is 1.89 bits per heavy atom. The molecule has 4 aliphatic carbocycles. The summed E-state index contributed by atoms with van der Waals surface area (Å²) in [6.45, 7) is 5.14. The lowest BCUT2D eigenvalue weighted by atomic mass is 9.46. The van der Waals surface area contributed by atoms with Gasteiger partial charge in [0.25, 0.3) is 0 Å². The number of carbonyl (C=O) groups excluding carboxylic acids is 1. The van der Waals surface area contributed by atoms with Crippen LogP contribution in [-0.4, -0.2) is 68.0 Å². The van der Waals surface area contributed by atoms with Crippen LogP contribution in [0.2, 0.25) is 0 Å². The van der Waals surface area contributed by atoms with Crippen molar-refractivity contribution in [3.05, 3.63) is 35.3 Å². The highest BCUT2D eigenvalue weighted by Gasteiger charge is 2.61. The van der Waals surface area contributed by atoms with Crippen LogP contribution in [0.3, 0.4) is 0 Å². The zero-order chi connectivity index (χ0) is 24.3. The number of nitrogens with one attached hydrogen (secondary N) is 1. The Balaban J connectivity index is 1.18. The zero-order valence-corrected chi connectivity index (χ0v) is 22.0. The lowest BCUT2D eigenvalue weighted by Crippen LogP contribution is -2.60. The average molecular weight is 554 g/mol. The van der Waals surface area contributed by atoms with Gasteiger partial charge < -0.3 is 9.30 Å². The normalized spacial score (nSPS) is 31.8. The first-order valence-corrected chi connectivity index (χ1v) is 14.0. The van der Waals surface area contributed by atoms with Gasteiger partial charge in [-0.25, -0.2) is 14.6 Å². The Morgan fingerprint density at radius 1 is 1.11 bits per heavy atom. The molecule has 0 spiro atoms. The molecule has 9 nitrogen and oxygen atoms in total. The number of morpholine rings is 1. The molecule has 4 saturated carbocycles. The highest BCUT2D eigenvalue weighted by molar-refractivity contribution is 9.10. The first-order valence-electron chi connectivity index (χ1n) is 13.2. The molecule has 5 fully saturated rings. The van der Waals surface area contributed by atoms with Gasteiger partial charge in [-0.15, -0.1) is 5.10 Å². The Bertz CT molecular complexity index is 1280. The predicted octanol–water partition coefficient (Wildman–Crippen LogP) is 3.66. The lowest BCUT2D eigenvalue weighted by molar-refractivity contribution is -0.150. The number of carbonyl (C=O) groups is 1. The minimum absolute atomic E-state index is 0.114. The number of hydrogen-bond donors (Lipinski definition) is 1. The maximum absolute atomic E-state index is 14.1. The fourth-order valence-electron chi connectivity index (χ4n) is 7.92. The molecule has 1 saturated heterocycles. The van der Waals surface area contributed by atoms with Crippen LogP contribution in [0, 0.1) is 17.3 Å². The van der Waals surface area contributed by atoms with Crippen LogP contribution in [-0.2, 0) is 21.6 Å². The number of halogens is 1. The summed E-state index contributed by atoms with van der Waals surface area (Å²) in [6.07, 6.45) is 7.99. The molecule has 5 aliphatic rings. The summed E-state index contributed by atoms with van der Waals surface area (Å²) in [5.74, 6) is 1.91. The molecule has 1 aromatic carbocycles. The lowest BCUT2D eigenvalue weighted by Gasteiger charge is -2.60. The van der Waals surface area contributed by atoms with E-state index in [0.29, 0.717) is 22.5 Å².